The Kier molecular flexibility index (Phi) is 6.11. The van der Waals surface area contributed by atoms with Crippen LogP contribution in [0.4, 0.5) is 0 Å². The minimum absolute atomic E-state index is 0.0672. The largest absolute Gasteiger partial charge is 0.337 e. The first kappa shape index (κ1) is 19.7. The number of benzene rings is 2. The van der Waals surface area contributed by atoms with Crippen LogP contribution in [0.2, 0.25) is 10.0 Å². The van der Waals surface area contributed by atoms with Gasteiger partial charge in [-0.2, -0.15) is 0 Å². The van der Waals surface area contributed by atoms with E-state index in [0.29, 0.717) is 15.6 Å². The highest BCUT2D eigenvalue weighted by molar-refractivity contribution is 7.89. The number of nitrogens with zero attached hydrogens (tertiary/aromatic N) is 2. The Hall–Kier alpha value is -1.60. The molecular weight excluding hydrogens is 383 g/mol. The predicted octanol–water partition coefficient (Wildman–Crippen LogP) is 3.52. The Morgan fingerprint density at radius 3 is 2.32 bits per heavy atom. The van der Waals surface area contributed by atoms with Crippen LogP contribution in [0.15, 0.2) is 47.4 Å². The molecule has 0 bridgehead atoms. The van der Waals surface area contributed by atoms with Gasteiger partial charge in [-0.15, -0.1) is 0 Å². The van der Waals surface area contributed by atoms with Crippen molar-refractivity contribution in [2.75, 3.05) is 21.1 Å². The van der Waals surface area contributed by atoms with Crippen molar-refractivity contribution in [1.82, 2.24) is 9.21 Å². The second-order valence-electron chi connectivity index (χ2n) is 5.69. The van der Waals surface area contributed by atoms with Crippen LogP contribution in [-0.2, 0) is 16.6 Å². The van der Waals surface area contributed by atoms with Gasteiger partial charge in [-0.1, -0.05) is 41.4 Å². The average Bonchev–Trinajstić information content (AvgIpc) is 2.58. The fraction of sp³-hybridized carbons (Fsp3) is 0.235. The number of sulfonamides is 1. The fourth-order valence-electron chi connectivity index (χ4n) is 2.22. The molecule has 2 rings (SSSR count). The quantitative estimate of drug-likeness (QED) is 0.771. The average molecular weight is 401 g/mol. The molecule has 0 fully saturated rings. The first-order chi connectivity index (χ1) is 11.6. The molecule has 5 nitrogen and oxygen atoms in total. The number of carbonyl (C=O) groups is 1. The predicted molar refractivity (Wildman–Crippen MR) is 99.6 cm³/mol. The molecule has 0 saturated carbocycles. The number of hydrogen-bond donors (Lipinski definition) is 0. The lowest BCUT2D eigenvalue weighted by atomic mass is 10.1. The molecule has 0 N–H and O–H groups in total. The van der Waals surface area contributed by atoms with Crippen LogP contribution < -0.4 is 0 Å². The van der Waals surface area contributed by atoms with Gasteiger partial charge in [-0.3, -0.25) is 4.79 Å². The zero-order valence-electron chi connectivity index (χ0n) is 14.0. The van der Waals surface area contributed by atoms with Gasteiger partial charge in [0.2, 0.25) is 10.0 Å². The summed E-state index contributed by atoms with van der Waals surface area (Å²) in [5.41, 5.74) is 0.991. The van der Waals surface area contributed by atoms with Crippen molar-refractivity contribution in [2.45, 2.75) is 11.4 Å². The van der Waals surface area contributed by atoms with E-state index < -0.39 is 10.0 Å². The number of amides is 1. The van der Waals surface area contributed by atoms with Gasteiger partial charge < -0.3 is 4.90 Å². The summed E-state index contributed by atoms with van der Waals surface area (Å²) in [5.74, 6) is -0.313. The highest BCUT2D eigenvalue weighted by Crippen LogP contribution is 2.26. The standard InChI is InChI=1S/C17H18Cl2N2O3S/c1-20(2)25(23,24)14-8-4-6-12(10-14)17(22)21(3)11-13-7-5-9-15(18)16(13)19/h4-10H,11H2,1-3H3. The molecule has 0 spiro atoms. The monoisotopic (exact) mass is 400 g/mol. The third kappa shape index (κ3) is 4.33. The SMILES string of the molecule is CN(Cc1cccc(Cl)c1Cl)C(=O)c1cccc(S(=O)(=O)N(C)C)c1. The normalized spacial score (nSPS) is 11.6. The minimum Gasteiger partial charge on any atom is -0.337 e. The van der Waals surface area contributed by atoms with Crippen molar-refractivity contribution in [3.05, 3.63) is 63.6 Å². The summed E-state index contributed by atoms with van der Waals surface area (Å²) < 4.78 is 25.5. The van der Waals surface area contributed by atoms with E-state index >= 15 is 0 Å². The molecule has 25 heavy (non-hydrogen) atoms. The van der Waals surface area contributed by atoms with E-state index in [1.165, 1.54) is 31.1 Å². The van der Waals surface area contributed by atoms with Crippen LogP contribution in [-0.4, -0.2) is 44.7 Å². The van der Waals surface area contributed by atoms with Gasteiger partial charge in [0, 0.05) is 33.3 Å². The van der Waals surface area contributed by atoms with Gasteiger partial charge in [0.15, 0.2) is 0 Å². The molecule has 0 aromatic heterocycles. The second kappa shape index (κ2) is 7.74. The molecular formula is C17H18Cl2N2O3S. The first-order valence-electron chi connectivity index (χ1n) is 7.35. The summed E-state index contributed by atoms with van der Waals surface area (Å²) >= 11 is 12.1. The van der Waals surface area contributed by atoms with Crippen molar-refractivity contribution in [1.29, 1.82) is 0 Å². The van der Waals surface area contributed by atoms with E-state index in [9.17, 15) is 13.2 Å². The Morgan fingerprint density at radius 1 is 1.04 bits per heavy atom. The third-order valence-electron chi connectivity index (χ3n) is 3.65. The Balaban J connectivity index is 2.27. The van der Waals surface area contributed by atoms with Crippen molar-refractivity contribution in [3.8, 4) is 0 Å². The molecule has 0 aliphatic rings. The summed E-state index contributed by atoms with van der Waals surface area (Å²) in [6.07, 6.45) is 0. The van der Waals surface area contributed by atoms with Crippen LogP contribution in [0.25, 0.3) is 0 Å². The van der Waals surface area contributed by atoms with Crippen molar-refractivity contribution < 1.29 is 13.2 Å². The lowest BCUT2D eigenvalue weighted by molar-refractivity contribution is 0.0785. The Bertz CT molecular complexity index is 899. The number of carbonyl (C=O) groups excluding carboxylic acids is 1. The van der Waals surface area contributed by atoms with Crippen LogP contribution in [0, 0.1) is 0 Å². The molecule has 0 radical (unpaired) electrons. The summed E-state index contributed by atoms with van der Waals surface area (Å²) in [6.45, 7) is 0.253. The van der Waals surface area contributed by atoms with Crippen molar-refractivity contribution in [3.63, 3.8) is 0 Å². The Morgan fingerprint density at radius 2 is 1.68 bits per heavy atom. The third-order valence-corrected chi connectivity index (χ3v) is 6.31. The van der Waals surface area contributed by atoms with Crippen molar-refractivity contribution in [2.24, 2.45) is 0 Å². The zero-order valence-corrected chi connectivity index (χ0v) is 16.4. The van der Waals surface area contributed by atoms with E-state index in [0.717, 1.165) is 4.31 Å². The topological polar surface area (TPSA) is 57.7 Å². The summed E-state index contributed by atoms with van der Waals surface area (Å²) in [4.78, 5) is 14.2. The molecule has 0 saturated heterocycles. The highest BCUT2D eigenvalue weighted by Gasteiger charge is 2.20. The lowest BCUT2D eigenvalue weighted by Crippen LogP contribution is -2.27. The van der Waals surface area contributed by atoms with Crippen LogP contribution in [0.3, 0.4) is 0 Å². The van der Waals surface area contributed by atoms with E-state index in [2.05, 4.69) is 0 Å². The van der Waals surface area contributed by atoms with E-state index in [1.807, 2.05) is 0 Å². The summed E-state index contributed by atoms with van der Waals surface area (Å²) in [7, 11) is 0.895. The van der Waals surface area contributed by atoms with Gasteiger partial charge in [-0.25, -0.2) is 12.7 Å². The molecule has 2 aromatic rings. The van der Waals surface area contributed by atoms with E-state index in [4.69, 9.17) is 23.2 Å². The first-order valence-corrected chi connectivity index (χ1v) is 9.55. The molecule has 0 unspecified atom stereocenters. The summed E-state index contributed by atoms with van der Waals surface area (Å²) in [6, 6.07) is 11.2. The van der Waals surface area contributed by atoms with Gasteiger partial charge in [0.25, 0.3) is 5.91 Å². The maximum absolute atomic E-state index is 12.6. The van der Waals surface area contributed by atoms with Crippen molar-refractivity contribution >= 4 is 39.1 Å². The minimum atomic E-state index is -3.61. The molecule has 0 atom stereocenters. The van der Waals surface area contributed by atoms with E-state index in [1.54, 1.807) is 37.4 Å². The van der Waals surface area contributed by atoms with Gasteiger partial charge in [0.1, 0.15) is 0 Å². The second-order valence-corrected chi connectivity index (χ2v) is 8.63. The maximum atomic E-state index is 12.6. The van der Waals surface area contributed by atoms with Gasteiger partial charge >= 0.3 is 0 Å². The molecule has 0 aliphatic carbocycles. The summed E-state index contributed by atoms with van der Waals surface area (Å²) in [5, 5.41) is 0.812. The number of rotatable bonds is 5. The highest BCUT2D eigenvalue weighted by atomic mass is 35.5. The molecule has 0 aliphatic heterocycles. The van der Waals surface area contributed by atoms with Crippen LogP contribution in [0.1, 0.15) is 15.9 Å². The number of halogens is 2. The molecule has 134 valence electrons. The van der Waals surface area contributed by atoms with Crippen LogP contribution in [0.5, 0.6) is 0 Å². The Labute approximate surface area is 157 Å². The molecule has 2 aromatic carbocycles. The number of hydrogen-bond acceptors (Lipinski definition) is 3. The molecule has 0 heterocycles. The molecule has 8 heteroatoms. The zero-order chi connectivity index (χ0) is 18.8. The fourth-order valence-corrected chi connectivity index (χ4v) is 3.55. The van der Waals surface area contributed by atoms with E-state index in [-0.39, 0.29) is 22.9 Å². The van der Waals surface area contributed by atoms with Crippen LogP contribution >= 0.6 is 23.2 Å². The smallest absolute Gasteiger partial charge is 0.253 e. The van der Waals surface area contributed by atoms with Gasteiger partial charge in [-0.05, 0) is 29.8 Å². The lowest BCUT2D eigenvalue weighted by Gasteiger charge is -2.19. The maximum Gasteiger partial charge on any atom is 0.253 e. The molecule has 1 amide bonds. The van der Waals surface area contributed by atoms with Gasteiger partial charge in [0.05, 0.1) is 14.9 Å².